The van der Waals surface area contributed by atoms with Crippen LogP contribution in [0.2, 0.25) is 0 Å². The van der Waals surface area contributed by atoms with Crippen LogP contribution in [-0.2, 0) is 21.4 Å². The van der Waals surface area contributed by atoms with Gasteiger partial charge in [0, 0.05) is 31.2 Å². The Morgan fingerprint density at radius 2 is 1.91 bits per heavy atom. The Balaban J connectivity index is 1.88. The van der Waals surface area contributed by atoms with Gasteiger partial charge in [-0.25, -0.2) is 4.98 Å². The lowest BCUT2D eigenvalue weighted by Gasteiger charge is -2.31. The molecule has 6 heteroatoms. The lowest BCUT2D eigenvalue weighted by atomic mass is 9.74. The lowest BCUT2D eigenvalue weighted by Crippen LogP contribution is -2.39. The molecule has 1 aliphatic heterocycles. The molecule has 1 aliphatic rings. The van der Waals surface area contributed by atoms with E-state index in [1.54, 1.807) is 6.33 Å². The number of hydrogen-bond donors (Lipinski definition) is 1. The number of carbonyl (C=O) groups is 2. The highest BCUT2D eigenvalue weighted by atomic mass is 16.5. The zero-order valence-corrected chi connectivity index (χ0v) is 21.5. The number of ketones is 1. The molecule has 0 saturated carbocycles. The van der Waals surface area contributed by atoms with Crippen LogP contribution >= 0.6 is 0 Å². The quantitative estimate of drug-likeness (QED) is 0.430. The van der Waals surface area contributed by atoms with Gasteiger partial charge in [-0.15, -0.1) is 0 Å². The number of rotatable bonds is 1. The van der Waals surface area contributed by atoms with Gasteiger partial charge in [0.05, 0.1) is 23.5 Å². The second-order valence-electron chi connectivity index (χ2n) is 10.8. The summed E-state index contributed by atoms with van der Waals surface area (Å²) in [6.45, 7) is 9.65. The van der Waals surface area contributed by atoms with Gasteiger partial charge in [0.2, 0.25) is 0 Å². The summed E-state index contributed by atoms with van der Waals surface area (Å²) in [6, 6.07) is 5.98. The predicted molar refractivity (Wildman–Crippen MR) is 134 cm³/mol. The normalized spacial score (nSPS) is 29.4. The highest BCUT2D eigenvalue weighted by Gasteiger charge is 2.37. The van der Waals surface area contributed by atoms with Crippen molar-refractivity contribution in [2.75, 3.05) is 0 Å². The lowest BCUT2D eigenvalue weighted by molar-refractivity contribution is -0.150. The zero-order valence-electron chi connectivity index (χ0n) is 21.5. The first-order valence-electron chi connectivity index (χ1n) is 12.5. The van der Waals surface area contributed by atoms with Crippen LogP contribution < -0.4 is 0 Å². The Kier molecular flexibility index (Phi) is 8.34. The molecule has 0 radical (unpaired) electrons. The van der Waals surface area contributed by atoms with Crippen LogP contribution in [0, 0.1) is 17.3 Å². The fourth-order valence-corrected chi connectivity index (χ4v) is 4.90. The largest absolute Gasteiger partial charge is 0.457 e. The van der Waals surface area contributed by atoms with Gasteiger partial charge in [0.25, 0.3) is 0 Å². The van der Waals surface area contributed by atoms with E-state index in [0.717, 1.165) is 35.9 Å². The maximum Gasteiger partial charge on any atom is 0.306 e. The minimum absolute atomic E-state index is 0.000954. The Bertz CT molecular complexity index is 1050. The number of benzene rings is 1. The first kappa shape index (κ1) is 26.1. The van der Waals surface area contributed by atoms with E-state index >= 15 is 0 Å². The molecule has 186 valence electrons. The molecule has 6 nitrogen and oxygen atoms in total. The van der Waals surface area contributed by atoms with Gasteiger partial charge in [0.1, 0.15) is 11.9 Å². The Morgan fingerprint density at radius 3 is 2.65 bits per heavy atom. The third kappa shape index (κ3) is 6.15. The number of nitrogens with zero attached hydrogens (tertiary/aromatic N) is 2. The number of imidazole rings is 1. The van der Waals surface area contributed by atoms with Gasteiger partial charge >= 0.3 is 5.97 Å². The number of ether oxygens (including phenoxy) is 1. The number of aromatic nitrogens is 2. The molecule has 2 heterocycles. The standard InChI is InChI=1S/C28H40N2O4/c1-18-8-7-9-19(2)26(32)20(3)27(33)28(4,5)15-14-25(31)34-24(13-10-18)21-11-12-22-23(16-21)30(6)17-29-22/h10-12,16-17,19-20,24,26,32H,7-9,13-15H2,1-6H3/b18-10-/t19-,20+,24?,26?/m0/s1. The number of cyclic esters (lactones) is 1. The number of carbonyl (C=O) groups excluding carboxylic acids is 2. The van der Waals surface area contributed by atoms with Gasteiger partial charge in [0.15, 0.2) is 0 Å². The summed E-state index contributed by atoms with van der Waals surface area (Å²) in [5.74, 6) is -0.737. The van der Waals surface area contributed by atoms with Gasteiger partial charge in [-0.3, -0.25) is 9.59 Å². The summed E-state index contributed by atoms with van der Waals surface area (Å²) in [6.07, 6.45) is 6.72. The number of Topliss-reactive ketones (excluding diaryl/α,β-unsaturated/α-hetero) is 1. The maximum atomic E-state index is 13.2. The van der Waals surface area contributed by atoms with Crippen LogP contribution in [0.25, 0.3) is 11.0 Å². The van der Waals surface area contributed by atoms with Crippen molar-refractivity contribution in [3.63, 3.8) is 0 Å². The summed E-state index contributed by atoms with van der Waals surface area (Å²) >= 11 is 0. The van der Waals surface area contributed by atoms with E-state index in [1.807, 2.05) is 57.5 Å². The fraction of sp³-hybridized carbons (Fsp3) is 0.607. The van der Waals surface area contributed by atoms with Crippen LogP contribution in [0.4, 0.5) is 0 Å². The van der Waals surface area contributed by atoms with E-state index < -0.39 is 23.5 Å². The van der Waals surface area contributed by atoms with Crippen molar-refractivity contribution >= 4 is 22.8 Å². The van der Waals surface area contributed by atoms with Crippen molar-refractivity contribution in [3.05, 3.63) is 41.7 Å². The van der Waals surface area contributed by atoms with E-state index in [9.17, 15) is 14.7 Å². The van der Waals surface area contributed by atoms with Crippen LogP contribution in [-0.4, -0.2) is 32.5 Å². The average molecular weight is 469 g/mol. The Labute approximate surface area is 203 Å². The molecule has 34 heavy (non-hydrogen) atoms. The average Bonchev–Trinajstić information content (AvgIpc) is 3.18. The van der Waals surface area contributed by atoms with E-state index in [4.69, 9.17) is 4.74 Å². The monoisotopic (exact) mass is 468 g/mol. The molecule has 0 fully saturated rings. The molecule has 0 bridgehead atoms. The SMILES string of the molecule is C/C1=C/CC(c2ccc3ncn(C)c3c2)OC(=O)CCC(C)(C)C(=O)[C@H](C)C(O)[C@@H](C)CCC1. The minimum Gasteiger partial charge on any atom is -0.457 e. The van der Waals surface area contributed by atoms with E-state index in [2.05, 4.69) is 18.0 Å². The third-order valence-corrected chi connectivity index (χ3v) is 7.44. The highest BCUT2D eigenvalue weighted by Crippen LogP contribution is 2.33. The first-order valence-corrected chi connectivity index (χ1v) is 12.5. The smallest absolute Gasteiger partial charge is 0.306 e. The topological polar surface area (TPSA) is 81.4 Å². The van der Waals surface area contributed by atoms with Crippen molar-refractivity contribution in [1.82, 2.24) is 9.55 Å². The molecular weight excluding hydrogens is 428 g/mol. The summed E-state index contributed by atoms with van der Waals surface area (Å²) in [4.78, 5) is 30.4. The molecule has 3 rings (SSSR count). The van der Waals surface area contributed by atoms with E-state index in [0.29, 0.717) is 12.8 Å². The molecule has 1 aromatic heterocycles. The zero-order chi connectivity index (χ0) is 25.0. The molecule has 0 amide bonds. The summed E-state index contributed by atoms with van der Waals surface area (Å²) < 4.78 is 7.93. The molecule has 1 aromatic carbocycles. The summed E-state index contributed by atoms with van der Waals surface area (Å²) in [7, 11) is 1.95. The number of allylic oxidation sites excluding steroid dienone is 1. The second-order valence-corrected chi connectivity index (χ2v) is 10.8. The number of fused-ring (bicyclic) bond motifs is 1. The van der Waals surface area contributed by atoms with Gasteiger partial charge < -0.3 is 14.4 Å². The van der Waals surface area contributed by atoms with Gasteiger partial charge in [-0.1, -0.05) is 45.4 Å². The molecule has 0 spiro atoms. The number of aliphatic hydroxyl groups is 1. The summed E-state index contributed by atoms with van der Waals surface area (Å²) in [5.41, 5.74) is 3.37. The summed E-state index contributed by atoms with van der Waals surface area (Å²) in [5, 5.41) is 10.8. The van der Waals surface area contributed by atoms with Gasteiger partial charge in [-0.05, 0) is 56.2 Å². The Morgan fingerprint density at radius 1 is 1.18 bits per heavy atom. The predicted octanol–water partition coefficient (Wildman–Crippen LogP) is 5.69. The highest BCUT2D eigenvalue weighted by molar-refractivity contribution is 5.87. The molecule has 2 unspecified atom stereocenters. The van der Waals surface area contributed by atoms with Crippen molar-refractivity contribution < 1.29 is 19.4 Å². The van der Waals surface area contributed by atoms with Crippen molar-refractivity contribution in [2.45, 2.75) is 85.4 Å². The van der Waals surface area contributed by atoms with Gasteiger partial charge in [-0.2, -0.15) is 0 Å². The fourth-order valence-electron chi connectivity index (χ4n) is 4.90. The number of esters is 1. The minimum atomic E-state index is -0.712. The maximum absolute atomic E-state index is 13.2. The van der Waals surface area contributed by atoms with Crippen molar-refractivity contribution in [1.29, 1.82) is 0 Å². The number of aliphatic hydroxyl groups excluding tert-OH is 1. The molecule has 0 aliphatic carbocycles. The number of aryl methyl sites for hydroxylation is 1. The van der Waals surface area contributed by atoms with E-state index in [-0.39, 0.29) is 24.1 Å². The van der Waals surface area contributed by atoms with E-state index in [1.165, 1.54) is 5.57 Å². The molecule has 0 saturated heterocycles. The van der Waals surface area contributed by atoms with Crippen LogP contribution in [0.15, 0.2) is 36.2 Å². The van der Waals surface area contributed by atoms with Crippen LogP contribution in [0.5, 0.6) is 0 Å². The van der Waals surface area contributed by atoms with Crippen molar-refractivity contribution in [3.8, 4) is 0 Å². The molecular formula is C28H40N2O4. The third-order valence-electron chi connectivity index (χ3n) is 7.44. The number of hydrogen-bond acceptors (Lipinski definition) is 5. The van der Waals surface area contributed by atoms with Crippen LogP contribution in [0.1, 0.15) is 84.8 Å². The molecule has 1 N–H and O–H groups in total. The van der Waals surface area contributed by atoms with Crippen molar-refractivity contribution in [2.24, 2.45) is 24.3 Å². The van der Waals surface area contributed by atoms with Crippen LogP contribution in [0.3, 0.4) is 0 Å². The molecule has 4 atom stereocenters. The Hall–Kier alpha value is -2.47. The second kappa shape index (κ2) is 10.9. The molecule has 2 aromatic rings. The first-order chi connectivity index (χ1) is 16.0.